The van der Waals surface area contributed by atoms with E-state index in [-0.39, 0.29) is 0 Å². The highest BCUT2D eigenvalue weighted by atomic mass is 15.4. The summed E-state index contributed by atoms with van der Waals surface area (Å²) in [5.74, 6) is 0. The van der Waals surface area contributed by atoms with Gasteiger partial charge in [0.2, 0.25) is 0 Å². The van der Waals surface area contributed by atoms with Crippen molar-refractivity contribution < 1.29 is 0 Å². The van der Waals surface area contributed by atoms with Gasteiger partial charge in [0.15, 0.2) is 0 Å². The van der Waals surface area contributed by atoms with Crippen LogP contribution in [0.25, 0.3) is 0 Å². The number of hydrogen-bond donors (Lipinski definition) is 3. The van der Waals surface area contributed by atoms with Crippen molar-refractivity contribution in [3.63, 3.8) is 0 Å². The molecule has 0 spiro atoms. The maximum absolute atomic E-state index is 4.97. The Hall–Kier alpha value is -0.120. The number of nitrogens with one attached hydrogen (secondary N) is 2. The Bertz CT molecular complexity index is 12.4. The van der Waals surface area contributed by atoms with Crippen LogP contribution in [-0.4, -0.2) is 13.7 Å². The molecule has 0 saturated carbocycles. The quantitative estimate of drug-likeness (QED) is 0.280. The lowest BCUT2D eigenvalue weighted by Crippen LogP contribution is -2.32. The zero-order valence-corrected chi connectivity index (χ0v) is 3.28. The van der Waals surface area contributed by atoms with Gasteiger partial charge in [-0.15, -0.1) is 0 Å². The number of hydrogen-bond acceptors (Lipinski definition) is 3. The molecular formula is C2H9N3. The van der Waals surface area contributed by atoms with Crippen LogP contribution in [0.2, 0.25) is 0 Å². The van der Waals surface area contributed by atoms with Crippen LogP contribution in [-0.2, 0) is 0 Å². The molecule has 0 saturated heterocycles. The van der Waals surface area contributed by atoms with E-state index < -0.39 is 0 Å². The lowest BCUT2D eigenvalue weighted by atomic mass is 11.2. The highest BCUT2D eigenvalue weighted by molar-refractivity contribution is 4.14. The second kappa shape index (κ2) is 3.88. The first-order chi connectivity index (χ1) is 2.41. The summed E-state index contributed by atoms with van der Waals surface area (Å²) in [6.07, 6.45) is 0. The highest BCUT2D eigenvalue weighted by Crippen LogP contribution is 1.19. The fraction of sp³-hybridized carbons (Fsp3) is 1.00. The first kappa shape index (κ1) is 4.88. The maximum atomic E-state index is 4.97. The average Bonchev–Trinajstić information content (AvgIpc) is 1.41. The summed E-state index contributed by atoms with van der Waals surface area (Å²) in [5.41, 5.74) is 10.2. The van der Waals surface area contributed by atoms with Crippen LogP contribution in [0.3, 0.4) is 0 Å². The van der Waals surface area contributed by atoms with Crippen molar-refractivity contribution in [2.75, 3.05) is 13.7 Å². The van der Waals surface area contributed by atoms with E-state index in [0.717, 1.165) is 0 Å². The van der Waals surface area contributed by atoms with E-state index in [4.69, 9.17) is 5.73 Å². The molecule has 0 unspecified atom stereocenters. The summed E-state index contributed by atoms with van der Waals surface area (Å²) in [6.45, 7) is 0.483. The normalized spacial score (nSPS) is 8.40. The molecule has 4 N–H and O–H groups in total. The minimum absolute atomic E-state index is 0.483. The van der Waals surface area contributed by atoms with Crippen LogP contribution in [0.1, 0.15) is 0 Å². The van der Waals surface area contributed by atoms with Crippen LogP contribution >= 0.6 is 0 Å². The summed E-state index contributed by atoms with van der Waals surface area (Å²) < 4.78 is 0. The van der Waals surface area contributed by atoms with Gasteiger partial charge in [-0.1, -0.05) is 0 Å². The Balaban J connectivity index is 2.19. The molecule has 0 aromatic carbocycles. The third-order valence-corrected chi connectivity index (χ3v) is 0.279. The minimum Gasteiger partial charge on any atom is -0.317 e. The van der Waals surface area contributed by atoms with Crippen molar-refractivity contribution in [3.05, 3.63) is 0 Å². The van der Waals surface area contributed by atoms with Gasteiger partial charge in [-0.3, -0.25) is 5.43 Å². The van der Waals surface area contributed by atoms with Crippen molar-refractivity contribution in [3.8, 4) is 0 Å². The fourth-order valence-corrected chi connectivity index (χ4v) is 0.102. The lowest BCUT2D eigenvalue weighted by molar-refractivity contribution is 0.611. The van der Waals surface area contributed by atoms with Crippen LogP contribution in [0, 0.1) is 0 Å². The molecule has 3 heteroatoms. The Morgan fingerprint density at radius 2 is 2.40 bits per heavy atom. The van der Waals surface area contributed by atoms with E-state index in [1.54, 1.807) is 7.05 Å². The topological polar surface area (TPSA) is 50.1 Å². The Morgan fingerprint density at radius 3 is 2.40 bits per heavy atom. The lowest BCUT2D eigenvalue weighted by Gasteiger charge is -1.90. The van der Waals surface area contributed by atoms with Crippen molar-refractivity contribution >= 4 is 0 Å². The van der Waals surface area contributed by atoms with Gasteiger partial charge in [-0.05, 0) is 7.05 Å². The smallest absolute Gasteiger partial charge is 0.0564 e. The van der Waals surface area contributed by atoms with E-state index in [1.165, 1.54) is 0 Å². The van der Waals surface area contributed by atoms with E-state index >= 15 is 0 Å². The average molecular weight is 75.1 g/mol. The van der Waals surface area contributed by atoms with Gasteiger partial charge in [0.25, 0.3) is 0 Å². The molecule has 0 heterocycles. The minimum atomic E-state index is 0.483. The summed E-state index contributed by atoms with van der Waals surface area (Å²) in [5, 5.41) is 0. The molecule has 32 valence electrons. The van der Waals surface area contributed by atoms with Crippen molar-refractivity contribution in [2.45, 2.75) is 0 Å². The Labute approximate surface area is 31.5 Å². The second-order valence-corrected chi connectivity index (χ2v) is 0.631. The maximum Gasteiger partial charge on any atom is 0.0564 e. The second-order valence-electron chi connectivity index (χ2n) is 0.631. The summed E-state index contributed by atoms with van der Waals surface area (Å²) in [4.78, 5) is 0. The number of hydrazine groups is 1. The predicted octanol–water partition coefficient (Wildman–Crippen LogP) is -1.37. The molecule has 0 aromatic heterocycles. The molecular weight excluding hydrogens is 66.0 g/mol. The van der Waals surface area contributed by atoms with Gasteiger partial charge in [0.1, 0.15) is 0 Å². The number of nitrogens with two attached hydrogens (primary N) is 1. The Kier molecular flexibility index (Phi) is 3.79. The van der Waals surface area contributed by atoms with Crippen LogP contribution in [0.4, 0.5) is 0 Å². The molecule has 0 aliphatic carbocycles. The Morgan fingerprint density at radius 1 is 1.80 bits per heavy atom. The third kappa shape index (κ3) is 3.88. The van der Waals surface area contributed by atoms with E-state index in [0.29, 0.717) is 6.67 Å². The van der Waals surface area contributed by atoms with Crippen LogP contribution in [0.5, 0.6) is 0 Å². The molecule has 0 aliphatic heterocycles. The molecule has 0 aliphatic rings. The first-order valence-corrected chi connectivity index (χ1v) is 1.51. The van der Waals surface area contributed by atoms with Crippen LogP contribution in [0.15, 0.2) is 0 Å². The van der Waals surface area contributed by atoms with Gasteiger partial charge in [0.05, 0.1) is 6.67 Å². The van der Waals surface area contributed by atoms with Gasteiger partial charge in [0, 0.05) is 0 Å². The van der Waals surface area contributed by atoms with E-state index in [9.17, 15) is 0 Å². The van der Waals surface area contributed by atoms with Gasteiger partial charge < -0.3 is 5.73 Å². The van der Waals surface area contributed by atoms with E-state index in [2.05, 4.69) is 10.9 Å². The molecule has 0 fully saturated rings. The van der Waals surface area contributed by atoms with Crippen LogP contribution < -0.4 is 16.6 Å². The molecule has 0 amide bonds. The monoisotopic (exact) mass is 75.1 g/mol. The molecule has 0 radical (unpaired) electrons. The van der Waals surface area contributed by atoms with Gasteiger partial charge >= 0.3 is 0 Å². The standard InChI is InChI=1S/C2H9N3/c1-4-5-2-3/h4-5H,2-3H2,1H3. The molecule has 5 heavy (non-hydrogen) atoms. The van der Waals surface area contributed by atoms with Crippen molar-refractivity contribution in [1.82, 2.24) is 10.9 Å². The van der Waals surface area contributed by atoms with Gasteiger partial charge in [-0.2, -0.15) is 0 Å². The molecule has 0 atom stereocenters. The zero-order valence-electron chi connectivity index (χ0n) is 3.28. The van der Waals surface area contributed by atoms with Gasteiger partial charge in [-0.25, -0.2) is 5.43 Å². The van der Waals surface area contributed by atoms with E-state index in [1.807, 2.05) is 0 Å². The molecule has 0 aromatic rings. The molecule has 3 nitrogen and oxygen atoms in total. The summed E-state index contributed by atoms with van der Waals surface area (Å²) in [7, 11) is 1.77. The van der Waals surface area contributed by atoms with Crippen molar-refractivity contribution in [2.24, 2.45) is 5.73 Å². The predicted molar refractivity (Wildman–Crippen MR) is 21.2 cm³/mol. The summed E-state index contributed by atoms with van der Waals surface area (Å²) in [6, 6.07) is 0. The number of rotatable bonds is 2. The fourth-order valence-electron chi connectivity index (χ4n) is 0.102. The molecule has 0 rings (SSSR count). The highest BCUT2D eigenvalue weighted by Gasteiger charge is 1.58. The van der Waals surface area contributed by atoms with Crippen molar-refractivity contribution in [1.29, 1.82) is 0 Å². The molecule has 0 bridgehead atoms. The zero-order chi connectivity index (χ0) is 4.12. The first-order valence-electron chi connectivity index (χ1n) is 1.51. The summed E-state index contributed by atoms with van der Waals surface area (Å²) >= 11 is 0. The largest absolute Gasteiger partial charge is 0.317 e. The SMILES string of the molecule is CNNCN. The third-order valence-electron chi connectivity index (χ3n) is 0.279.